The molecule has 0 saturated carbocycles. The molecule has 5 heterocycles. The summed E-state index contributed by atoms with van der Waals surface area (Å²) >= 11 is 0. The van der Waals surface area contributed by atoms with Crippen molar-refractivity contribution in [1.29, 1.82) is 0 Å². The molecule has 8 N–H and O–H groups in total. The van der Waals surface area contributed by atoms with Gasteiger partial charge in [-0.05, 0) is 123 Å². The zero-order chi connectivity index (χ0) is 72.5. The number of aliphatic hydroxyl groups excluding tert-OH is 8. The number of hydrogen-bond donors (Lipinski definition) is 8. The molecule has 0 amide bonds. The number of fused-ring (bicyclic) bond motifs is 4. The van der Waals surface area contributed by atoms with E-state index in [1.807, 2.05) is 98.8 Å². The van der Waals surface area contributed by atoms with Crippen molar-refractivity contribution in [2.75, 3.05) is 28.4 Å². The highest BCUT2D eigenvalue weighted by molar-refractivity contribution is 5.83. The second kappa shape index (κ2) is 43.1. The van der Waals surface area contributed by atoms with Gasteiger partial charge in [-0.15, -0.1) is 0 Å². The molecule has 4 bridgehead atoms. The zero-order valence-corrected chi connectivity index (χ0v) is 62.3. The van der Waals surface area contributed by atoms with Crippen LogP contribution in [0.3, 0.4) is 0 Å². The minimum absolute atomic E-state index is 0.00881. The summed E-state index contributed by atoms with van der Waals surface area (Å²) in [6.45, 7) is 22.5. The SMILES string of the molecule is CO[C@H]1C[C@H](CC[C@H](C)[C@H](O)[C@H](C)[C@@H](O)[C@@H](C)[C@H]2C[C@H](O)[C@H](C)[C@@H](OC)C[C@@H]3CC=C[C@@H](C[C@@H](O)C/C=C(C)/C=C\C(=O)O[C@H]([C@@H](C)[C@@H](O)[C@@H](C)CC[C@H]4C[C@H](OC)C[C@H](C)O4)[C@@H](C)[C@H](O)C[C@H](O)[C@H](C)[C@@H](OC)C[C@@H]4CC=C[C@@H](C[C@@H](O)C/C=C(C)/C=C\C(=O)O2)O4)O3)O[C@@H](C)C1. The van der Waals surface area contributed by atoms with Gasteiger partial charge >= 0.3 is 11.9 Å². The highest BCUT2D eigenvalue weighted by atomic mass is 16.6. The van der Waals surface area contributed by atoms with Crippen LogP contribution in [0.4, 0.5) is 0 Å². The molecule has 564 valence electrons. The van der Waals surface area contributed by atoms with Crippen molar-refractivity contribution >= 4 is 11.9 Å². The van der Waals surface area contributed by atoms with Gasteiger partial charge in [-0.2, -0.15) is 0 Å². The highest BCUT2D eigenvalue weighted by Gasteiger charge is 2.42. The van der Waals surface area contributed by atoms with Gasteiger partial charge in [0.25, 0.3) is 0 Å². The molecule has 0 aliphatic carbocycles. The molecule has 5 aliphatic rings. The van der Waals surface area contributed by atoms with Gasteiger partial charge in [0, 0.05) is 108 Å². The lowest BCUT2D eigenvalue weighted by atomic mass is 9.78. The quantitative estimate of drug-likeness (QED) is 0.0468. The summed E-state index contributed by atoms with van der Waals surface area (Å²) in [5, 5.41) is 94.5. The monoisotopic (exact) mass is 1390 g/mol. The molecule has 5 rings (SSSR count). The van der Waals surface area contributed by atoms with Crippen LogP contribution in [0, 0.1) is 47.3 Å². The van der Waals surface area contributed by atoms with E-state index in [-0.39, 0.29) is 99.2 Å². The number of carbonyl (C=O) groups is 2. The molecule has 0 unspecified atom stereocenters. The van der Waals surface area contributed by atoms with Crippen LogP contribution >= 0.6 is 0 Å². The molecule has 0 aromatic carbocycles. The van der Waals surface area contributed by atoms with E-state index in [0.29, 0.717) is 56.1 Å². The molecule has 5 aliphatic heterocycles. The number of ether oxygens (including phenoxy) is 10. The Morgan fingerprint density at radius 2 is 0.898 bits per heavy atom. The fourth-order valence-electron chi connectivity index (χ4n) is 15.3. The lowest BCUT2D eigenvalue weighted by molar-refractivity contribution is -0.158. The molecule has 20 heteroatoms. The van der Waals surface area contributed by atoms with E-state index in [0.717, 1.165) is 32.1 Å². The number of carbonyl (C=O) groups excluding carboxylic acids is 2. The van der Waals surface area contributed by atoms with Crippen LogP contribution < -0.4 is 0 Å². The normalized spacial score (nSPS) is 40.0. The molecule has 30 atom stereocenters. The molecular weight excluding hydrogens is 1260 g/mol. The fourth-order valence-corrected chi connectivity index (χ4v) is 15.3. The first-order valence-electron chi connectivity index (χ1n) is 37.1. The Hall–Kier alpha value is -3.26. The van der Waals surface area contributed by atoms with Crippen LogP contribution in [0.1, 0.15) is 199 Å². The first-order valence-corrected chi connectivity index (χ1v) is 37.1. The summed E-state index contributed by atoms with van der Waals surface area (Å²) in [4.78, 5) is 27.8. The minimum atomic E-state index is -1.16. The fraction of sp³-hybridized carbons (Fsp3) is 0.821. The molecule has 98 heavy (non-hydrogen) atoms. The minimum Gasteiger partial charge on any atom is -0.459 e. The Morgan fingerprint density at radius 1 is 0.469 bits per heavy atom. The van der Waals surface area contributed by atoms with Crippen molar-refractivity contribution in [3.63, 3.8) is 0 Å². The van der Waals surface area contributed by atoms with Gasteiger partial charge in [0.1, 0.15) is 12.2 Å². The Balaban J connectivity index is 1.36. The van der Waals surface area contributed by atoms with Gasteiger partial charge in [-0.3, -0.25) is 0 Å². The molecule has 2 saturated heterocycles. The summed E-state index contributed by atoms with van der Waals surface area (Å²) in [5.74, 6) is -5.50. The van der Waals surface area contributed by atoms with Crippen molar-refractivity contribution in [3.05, 3.63) is 71.9 Å². The number of methoxy groups -OCH3 is 4. The topological polar surface area (TPSA) is 288 Å². The lowest BCUT2D eigenvalue weighted by Gasteiger charge is -2.38. The lowest BCUT2D eigenvalue weighted by Crippen LogP contribution is -2.45. The number of cyclic esters (lactones) is 2. The van der Waals surface area contributed by atoms with Gasteiger partial charge < -0.3 is 88.2 Å². The van der Waals surface area contributed by atoms with Crippen LogP contribution in [-0.2, 0) is 57.0 Å². The molecule has 0 radical (unpaired) electrons. The Kier molecular flexibility index (Phi) is 37.6. The van der Waals surface area contributed by atoms with Gasteiger partial charge in [-0.25, -0.2) is 9.59 Å². The largest absolute Gasteiger partial charge is 0.459 e. The molecule has 2 fully saturated rings. The smallest absolute Gasteiger partial charge is 0.331 e. The Labute approximate surface area is 587 Å². The summed E-state index contributed by atoms with van der Waals surface area (Å²) in [6.07, 6.45) is 14.1. The second-order valence-electron chi connectivity index (χ2n) is 30.3. The van der Waals surface area contributed by atoms with Crippen LogP contribution in [0.15, 0.2) is 71.9 Å². The maximum absolute atomic E-state index is 13.9. The molecule has 0 aromatic heterocycles. The van der Waals surface area contributed by atoms with E-state index < -0.39 is 133 Å². The van der Waals surface area contributed by atoms with Crippen molar-refractivity contribution in [2.45, 2.75) is 333 Å². The van der Waals surface area contributed by atoms with E-state index in [1.165, 1.54) is 12.2 Å². The van der Waals surface area contributed by atoms with E-state index in [9.17, 15) is 50.4 Å². The third-order valence-electron chi connectivity index (χ3n) is 22.3. The van der Waals surface area contributed by atoms with Crippen LogP contribution in [-0.4, -0.2) is 216 Å². The van der Waals surface area contributed by atoms with E-state index in [1.54, 1.807) is 61.4 Å². The van der Waals surface area contributed by atoms with Crippen molar-refractivity contribution < 1.29 is 97.8 Å². The first kappa shape index (κ1) is 85.4. The number of aliphatic hydroxyl groups is 8. The van der Waals surface area contributed by atoms with E-state index in [4.69, 9.17) is 47.4 Å². The third kappa shape index (κ3) is 28.1. The highest BCUT2D eigenvalue weighted by Crippen LogP contribution is 2.37. The Morgan fingerprint density at radius 3 is 1.35 bits per heavy atom. The van der Waals surface area contributed by atoms with Crippen LogP contribution in [0.25, 0.3) is 0 Å². The van der Waals surface area contributed by atoms with E-state index >= 15 is 0 Å². The van der Waals surface area contributed by atoms with Crippen molar-refractivity contribution in [1.82, 2.24) is 0 Å². The van der Waals surface area contributed by atoms with Gasteiger partial charge in [0.15, 0.2) is 0 Å². The first-order chi connectivity index (χ1) is 46.4. The standard InChI is InChI=1S/C78H132O20/c1-45-23-29-57(79)37-59-19-17-21-61(95-59)41-70(91-15)51(7)67(81)43-68(82)53(9)78(56(12)76(87)48(4)28-32-64-40-66(90-14)36-50(6)94-64)98-74(85)34-26-46(2)24-30-58(80)38-60-20-18-22-62(96-60)42-71(92-16)52(8)69(83)44-72(97-73(84)33-25-45)54(10)77(88)55(11)75(86)47(3)27-31-63-39-65(89-13)35-49(5)93-63/h17-20,23-26,33-34,47-72,75-83,86-88H,21-22,27-32,35-44H2,1-16H3/b33-25-,34-26-,45-23+,46-24+/t47-,48-,49-,50-,51-,52-,53-,54-,55-,56-,57-,58-,59-,60-,61-,62-,63-,64-,65+,66+,67-,68+,69-,70-,71-,72+,75-,76-,77-,78-/m0/s1. The summed E-state index contributed by atoms with van der Waals surface area (Å²) in [5.41, 5.74) is 1.38. The summed E-state index contributed by atoms with van der Waals surface area (Å²) < 4.78 is 61.3. The van der Waals surface area contributed by atoms with Gasteiger partial charge in [0.05, 0.1) is 122 Å². The van der Waals surface area contributed by atoms with Crippen LogP contribution in [0.5, 0.6) is 0 Å². The summed E-state index contributed by atoms with van der Waals surface area (Å²) in [6, 6.07) is 0. The number of hydrogen-bond acceptors (Lipinski definition) is 20. The average molecular weight is 1390 g/mol. The number of allylic oxidation sites excluding steroid dienone is 4. The van der Waals surface area contributed by atoms with Gasteiger partial charge in [-0.1, -0.05) is 115 Å². The molecule has 0 aromatic rings. The third-order valence-corrected chi connectivity index (χ3v) is 22.3. The molecule has 0 spiro atoms. The molecule has 20 nitrogen and oxygen atoms in total. The average Bonchev–Trinajstić information content (AvgIpc) is 0.854. The molecular formula is C78H132O20. The predicted octanol–water partition coefficient (Wildman–Crippen LogP) is 10.1. The van der Waals surface area contributed by atoms with Crippen molar-refractivity contribution in [2.24, 2.45) is 47.3 Å². The predicted molar refractivity (Wildman–Crippen MR) is 377 cm³/mol. The van der Waals surface area contributed by atoms with Crippen molar-refractivity contribution in [3.8, 4) is 0 Å². The number of esters is 2. The maximum Gasteiger partial charge on any atom is 0.331 e. The Bertz CT molecular complexity index is 2480. The zero-order valence-electron chi connectivity index (χ0n) is 62.3. The summed E-state index contributed by atoms with van der Waals surface area (Å²) in [7, 11) is 6.59. The number of rotatable bonds is 18. The van der Waals surface area contributed by atoms with Crippen LogP contribution in [0.2, 0.25) is 0 Å². The van der Waals surface area contributed by atoms with Gasteiger partial charge in [0.2, 0.25) is 0 Å². The van der Waals surface area contributed by atoms with E-state index in [2.05, 4.69) is 0 Å². The maximum atomic E-state index is 13.9. The second-order valence-corrected chi connectivity index (χ2v) is 30.3.